The molecule has 2 aromatic heterocycles. The molecule has 0 bridgehead atoms. The Hall–Kier alpha value is -2.23. The van der Waals surface area contributed by atoms with Crippen LogP contribution in [0.3, 0.4) is 0 Å². The van der Waals surface area contributed by atoms with E-state index in [9.17, 15) is 4.79 Å². The third-order valence-electron chi connectivity index (χ3n) is 2.93. The highest BCUT2D eigenvalue weighted by molar-refractivity contribution is 5.88. The fourth-order valence-corrected chi connectivity index (χ4v) is 1.94. The van der Waals surface area contributed by atoms with Crippen molar-refractivity contribution in [2.45, 2.75) is 26.7 Å². The van der Waals surface area contributed by atoms with Gasteiger partial charge in [-0.25, -0.2) is 4.79 Å². The minimum Gasteiger partial charge on any atom is -0.478 e. The Morgan fingerprint density at radius 3 is 2.63 bits per heavy atom. The lowest BCUT2D eigenvalue weighted by molar-refractivity contribution is 0.0697. The Bertz CT molecular complexity index is 621. The number of carboxylic acids is 1. The number of carboxylic acid groups (broad SMARTS) is 1. The van der Waals surface area contributed by atoms with E-state index in [0.29, 0.717) is 11.6 Å². The summed E-state index contributed by atoms with van der Waals surface area (Å²) in [5, 5.41) is 9.03. The van der Waals surface area contributed by atoms with Crippen molar-refractivity contribution in [3.63, 3.8) is 0 Å². The fraction of sp³-hybridized carbons (Fsp3) is 0.267. The van der Waals surface area contributed by atoms with Crippen molar-refractivity contribution in [3.05, 3.63) is 47.3 Å². The summed E-state index contributed by atoms with van der Waals surface area (Å²) < 4.78 is 0. The molecule has 0 aromatic carbocycles. The van der Waals surface area contributed by atoms with E-state index in [1.165, 1.54) is 12.3 Å². The van der Waals surface area contributed by atoms with Crippen LogP contribution in [0.1, 0.15) is 41.3 Å². The number of hydrogen-bond donors (Lipinski definition) is 1. The number of carbonyl (C=O) groups is 1. The van der Waals surface area contributed by atoms with Gasteiger partial charge in [-0.1, -0.05) is 19.9 Å². The number of rotatable bonds is 3. The van der Waals surface area contributed by atoms with E-state index < -0.39 is 5.97 Å². The van der Waals surface area contributed by atoms with Gasteiger partial charge in [0.05, 0.1) is 17.0 Å². The first kappa shape index (κ1) is 13.2. The molecule has 2 heterocycles. The minimum absolute atomic E-state index is 0.224. The zero-order chi connectivity index (χ0) is 14.0. The van der Waals surface area contributed by atoms with Gasteiger partial charge in [-0.15, -0.1) is 0 Å². The van der Waals surface area contributed by atoms with Gasteiger partial charge in [-0.2, -0.15) is 0 Å². The molecular formula is C15H16N2O2. The fourth-order valence-electron chi connectivity index (χ4n) is 1.94. The van der Waals surface area contributed by atoms with E-state index in [1.807, 2.05) is 6.92 Å². The summed E-state index contributed by atoms with van der Waals surface area (Å²) in [5.74, 6) is -0.653. The second kappa shape index (κ2) is 5.18. The number of hydrogen-bond acceptors (Lipinski definition) is 3. The highest BCUT2D eigenvalue weighted by Gasteiger charge is 2.13. The second-order valence-electron chi connectivity index (χ2n) is 4.84. The average molecular weight is 256 g/mol. The van der Waals surface area contributed by atoms with Gasteiger partial charge in [-0.3, -0.25) is 9.97 Å². The summed E-state index contributed by atoms with van der Waals surface area (Å²) in [4.78, 5) is 19.7. The largest absolute Gasteiger partial charge is 0.478 e. The third kappa shape index (κ3) is 2.78. The van der Waals surface area contributed by atoms with Crippen LogP contribution in [0.25, 0.3) is 11.4 Å². The van der Waals surface area contributed by atoms with Gasteiger partial charge < -0.3 is 5.11 Å². The van der Waals surface area contributed by atoms with Crippen molar-refractivity contribution in [1.29, 1.82) is 0 Å². The van der Waals surface area contributed by atoms with Crippen LogP contribution in [0, 0.1) is 6.92 Å². The molecule has 0 radical (unpaired) electrons. The number of aryl methyl sites for hydroxylation is 1. The van der Waals surface area contributed by atoms with E-state index in [0.717, 1.165) is 16.8 Å². The van der Waals surface area contributed by atoms with Gasteiger partial charge in [0.15, 0.2) is 0 Å². The van der Waals surface area contributed by atoms with Gasteiger partial charge in [0, 0.05) is 12.4 Å². The molecular weight excluding hydrogens is 240 g/mol. The number of pyridine rings is 2. The minimum atomic E-state index is -0.957. The van der Waals surface area contributed by atoms with Gasteiger partial charge in [0.25, 0.3) is 0 Å². The number of nitrogens with zero attached hydrogens (tertiary/aromatic N) is 2. The standard InChI is InChI=1S/C15H16N2O2/c1-9(2)12-6-10(3)8-17-14(12)13-7-11(15(18)19)4-5-16-13/h4-9H,1-3H3,(H,18,19). The summed E-state index contributed by atoms with van der Waals surface area (Å²) in [7, 11) is 0. The Morgan fingerprint density at radius 2 is 2.00 bits per heavy atom. The van der Waals surface area contributed by atoms with Crippen molar-refractivity contribution in [3.8, 4) is 11.4 Å². The molecule has 0 atom stereocenters. The van der Waals surface area contributed by atoms with Crippen LogP contribution in [-0.4, -0.2) is 21.0 Å². The van der Waals surface area contributed by atoms with Crippen LogP contribution in [0.2, 0.25) is 0 Å². The molecule has 4 nitrogen and oxygen atoms in total. The van der Waals surface area contributed by atoms with E-state index in [4.69, 9.17) is 5.11 Å². The zero-order valence-electron chi connectivity index (χ0n) is 11.2. The Labute approximate surface area is 112 Å². The molecule has 0 saturated heterocycles. The topological polar surface area (TPSA) is 63.1 Å². The van der Waals surface area contributed by atoms with Gasteiger partial charge >= 0.3 is 5.97 Å². The SMILES string of the molecule is Cc1cnc(-c2cc(C(=O)O)ccn2)c(C(C)C)c1. The highest BCUT2D eigenvalue weighted by Crippen LogP contribution is 2.27. The van der Waals surface area contributed by atoms with E-state index in [2.05, 4.69) is 29.9 Å². The van der Waals surface area contributed by atoms with Crippen LogP contribution in [-0.2, 0) is 0 Å². The van der Waals surface area contributed by atoms with Gasteiger partial charge in [0.2, 0.25) is 0 Å². The highest BCUT2D eigenvalue weighted by atomic mass is 16.4. The molecule has 2 aromatic rings. The van der Waals surface area contributed by atoms with Crippen LogP contribution in [0.15, 0.2) is 30.6 Å². The van der Waals surface area contributed by atoms with E-state index >= 15 is 0 Å². The van der Waals surface area contributed by atoms with Gasteiger partial charge in [0.1, 0.15) is 0 Å². The molecule has 0 aliphatic carbocycles. The second-order valence-corrected chi connectivity index (χ2v) is 4.84. The summed E-state index contributed by atoms with van der Waals surface area (Å²) >= 11 is 0. The molecule has 19 heavy (non-hydrogen) atoms. The van der Waals surface area contributed by atoms with Crippen molar-refractivity contribution < 1.29 is 9.90 Å². The quantitative estimate of drug-likeness (QED) is 0.915. The van der Waals surface area contributed by atoms with E-state index in [1.54, 1.807) is 12.3 Å². The molecule has 4 heteroatoms. The van der Waals surface area contributed by atoms with Crippen molar-refractivity contribution >= 4 is 5.97 Å². The normalized spacial score (nSPS) is 10.7. The summed E-state index contributed by atoms with van der Waals surface area (Å²) in [5.41, 5.74) is 3.74. The summed E-state index contributed by atoms with van der Waals surface area (Å²) in [6, 6.07) is 5.11. The molecule has 1 N–H and O–H groups in total. The number of aromatic nitrogens is 2. The van der Waals surface area contributed by atoms with Crippen LogP contribution in [0.5, 0.6) is 0 Å². The molecule has 0 aliphatic heterocycles. The Kier molecular flexibility index (Phi) is 3.60. The third-order valence-corrected chi connectivity index (χ3v) is 2.93. The van der Waals surface area contributed by atoms with Crippen LogP contribution < -0.4 is 0 Å². The molecule has 0 amide bonds. The molecule has 0 fully saturated rings. The maximum absolute atomic E-state index is 11.0. The molecule has 0 unspecified atom stereocenters. The maximum atomic E-state index is 11.0. The monoisotopic (exact) mass is 256 g/mol. The lowest BCUT2D eigenvalue weighted by Gasteiger charge is -2.12. The first-order chi connectivity index (χ1) is 8.99. The van der Waals surface area contributed by atoms with Gasteiger partial charge in [-0.05, 0) is 36.1 Å². The Morgan fingerprint density at radius 1 is 1.26 bits per heavy atom. The van der Waals surface area contributed by atoms with E-state index in [-0.39, 0.29) is 5.56 Å². The van der Waals surface area contributed by atoms with Crippen molar-refractivity contribution in [2.24, 2.45) is 0 Å². The number of aromatic carboxylic acids is 1. The van der Waals surface area contributed by atoms with Crippen molar-refractivity contribution in [1.82, 2.24) is 9.97 Å². The first-order valence-electron chi connectivity index (χ1n) is 6.15. The first-order valence-corrected chi connectivity index (χ1v) is 6.15. The lowest BCUT2D eigenvalue weighted by Crippen LogP contribution is -2.01. The summed E-state index contributed by atoms with van der Waals surface area (Å²) in [6.45, 7) is 6.16. The molecule has 0 saturated carbocycles. The molecule has 2 rings (SSSR count). The molecule has 0 aliphatic rings. The van der Waals surface area contributed by atoms with Crippen LogP contribution in [0.4, 0.5) is 0 Å². The summed E-state index contributed by atoms with van der Waals surface area (Å²) in [6.07, 6.45) is 3.28. The maximum Gasteiger partial charge on any atom is 0.335 e. The molecule has 0 spiro atoms. The van der Waals surface area contributed by atoms with Crippen LogP contribution >= 0.6 is 0 Å². The zero-order valence-corrected chi connectivity index (χ0v) is 11.2. The predicted octanol–water partition coefficient (Wildman–Crippen LogP) is 3.27. The van der Waals surface area contributed by atoms with Crippen molar-refractivity contribution in [2.75, 3.05) is 0 Å². The average Bonchev–Trinajstić information content (AvgIpc) is 2.38. The lowest BCUT2D eigenvalue weighted by atomic mass is 9.97. The molecule has 98 valence electrons. The Balaban J connectivity index is 2.58. The predicted molar refractivity (Wildman–Crippen MR) is 73.3 cm³/mol. The smallest absolute Gasteiger partial charge is 0.335 e.